The third kappa shape index (κ3) is 4.84. The number of nitrogens with zero attached hydrogens (tertiary/aromatic N) is 4. The van der Waals surface area contributed by atoms with Gasteiger partial charge in [0, 0.05) is 29.3 Å². The van der Waals surface area contributed by atoms with Gasteiger partial charge < -0.3 is 25.5 Å². The van der Waals surface area contributed by atoms with Crippen molar-refractivity contribution in [1.29, 1.82) is 0 Å². The molecule has 1 aliphatic rings. The third-order valence-electron chi connectivity index (χ3n) is 7.21. The summed E-state index contributed by atoms with van der Waals surface area (Å²) in [7, 11) is 0. The molecule has 1 aliphatic carbocycles. The Balaban J connectivity index is 1.33. The van der Waals surface area contributed by atoms with Crippen LogP contribution in [0.1, 0.15) is 31.7 Å². The molecule has 0 aliphatic heterocycles. The Labute approximate surface area is 223 Å². The lowest BCUT2D eigenvalue weighted by Gasteiger charge is -2.28. The van der Waals surface area contributed by atoms with E-state index in [4.69, 9.17) is 21.2 Å². The number of amides is 1. The van der Waals surface area contributed by atoms with Crippen LogP contribution in [0.15, 0.2) is 73.2 Å². The Kier molecular flexibility index (Phi) is 6.28. The molecule has 10 nitrogen and oxygen atoms in total. The molecule has 196 valence electrons. The van der Waals surface area contributed by atoms with Gasteiger partial charge in [-0.3, -0.25) is 4.79 Å². The predicted octanol–water partition coefficient (Wildman–Crippen LogP) is 5.37. The molecular weight excluding hydrogens is 496 g/mol. The molecule has 10 heteroatoms. The van der Waals surface area contributed by atoms with Gasteiger partial charge in [-0.15, -0.1) is 0 Å². The predicted molar refractivity (Wildman–Crippen MR) is 146 cm³/mol. The summed E-state index contributed by atoms with van der Waals surface area (Å²) in [5, 5.41) is 1.75. The molecule has 0 unspecified atom stereocenters. The lowest BCUT2D eigenvalue weighted by molar-refractivity contribution is -0.143. The molecule has 5 aromatic rings. The van der Waals surface area contributed by atoms with Crippen LogP contribution in [0.4, 0.5) is 10.6 Å². The van der Waals surface area contributed by atoms with Gasteiger partial charge >= 0.3 is 12.1 Å². The molecule has 39 heavy (non-hydrogen) atoms. The highest BCUT2D eigenvalue weighted by atomic mass is 16.6. The SMILES string of the molecule is NC(=O)OC(=O)C1CCC(n2cc(-c3ccc4ccc(Oc5ccccc5)nc4c3)c3c(N)ncnc32)CC1. The zero-order valence-electron chi connectivity index (χ0n) is 21.0. The van der Waals surface area contributed by atoms with E-state index in [0.717, 1.165) is 33.1 Å². The van der Waals surface area contributed by atoms with E-state index in [-0.39, 0.29) is 12.0 Å². The molecule has 4 N–H and O–H groups in total. The standard InChI is InChI=1S/C29H26N6O4/c30-26-25-22(19-7-6-17-10-13-24(34-23(17)14-19)38-21-4-2-1-3-5-21)15-35(27(25)33-16-32-26)20-11-8-18(9-12-20)28(36)39-29(31)37/h1-7,10,13-16,18,20H,8-9,11-12H2,(H2,31,37)(H2,30,32,33). The molecule has 6 rings (SSSR count). The van der Waals surface area contributed by atoms with Crippen molar-refractivity contribution in [2.45, 2.75) is 31.7 Å². The van der Waals surface area contributed by atoms with Crippen LogP contribution in [0.5, 0.6) is 11.6 Å². The molecule has 3 aromatic heterocycles. The highest BCUT2D eigenvalue weighted by molar-refractivity contribution is 6.02. The Morgan fingerprint density at radius 2 is 1.72 bits per heavy atom. The van der Waals surface area contributed by atoms with Crippen LogP contribution in [-0.4, -0.2) is 31.6 Å². The Bertz CT molecular complexity index is 1690. The van der Waals surface area contributed by atoms with E-state index in [0.29, 0.717) is 43.1 Å². The number of para-hydroxylation sites is 1. The number of nitrogens with two attached hydrogens (primary N) is 2. The number of carbonyl (C=O) groups is 2. The molecule has 1 amide bonds. The Morgan fingerprint density at radius 1 is 0.949 bits per heavy atom. The first-order valence-electron chi connectivity index (χ1n) is 12.7. The molecule has 0 spiro atoms. The fourth-order valence-electron chi connectivity index (χ4n) is 5.31. The van der Waals surface area contributed by atoms with Crippen molar-refractivity contribution in [1.82, 2.24) is 19.5 Å². The number of hydrogen-bond acceptors (Lipinski definition) is 8. The zero-order chi connectivity index (χ0) is 26.9. The third-order valence-corrected chi connectivity index (χ3v) is 7.21. The van der Waals surface area contributed by atoms with Crippen molar-refractivity contribution in [3.63, 3.8) is 0 Å². The number of benzene rings is 2. The minimum absolute atomic E-state index is 0.0950. The zero-order valence-corrected chi connectivity index (χ0v) is 21.0. The normalized spacial score (nSPS) is 17.2. The highest BCUT2D eigenvalue weighted by Crippen LogP contribution is 2.40. The molecule has 0 saturated heterocycles. The number of primary amides is 1. The van der Waals surface area contributed by atoms with Crippen LogP contribution < -0.4 is 16.2 Å². The van der Waals surface area contributed by atoms with Gasteiger partial charge in [0.1, 0.15) is 23.5 Å². The van der Waals surface area contributed by atoms with Crippen LogP contribution in [0.2, 0.25) is 0 Å². The smallest absolute Gasteiger partial charge is 0.412 e. The maximum Gasteiger partial charge on any atom is 0.412 e. The van der Waals surface area contributed by atoms with E-state index < -0.39 is 12.1 Å². The van der Waals surface area contributed by atoms with Crippen molar-refractivity contribution in [3.8, 4) is 22.8 Å². The maximum absolute atomic E-state index is 12.1. The van der Waals surface area contributed by atoms with Crippen LogP contribution in [0.3, 0.4) is 0 Å². The Hall–Kier alpha value is -4.99. The molecule has 0 atom stereocenters. The van der Waals surface area contributed by atoms with E-state index in [1.807, 2.05) is 66.9 Å². The maximum atomic E-state index is 12.1. The summed E-state index contributed by atoms with van der Waals surface area (Å²) >= 11 is 0. The second-order valence-corrected chi connectivity index (χ2v) is 9.63. The molecule has 3 heterocycles. The quantitative estimate of drug-likeness (QED) is 0.231. The number of rotatable bonds is 5. The fourth-order valence-corrected chi connectivity index (χ4v) is 5.31. The number of pyridine rings is 1. The second-order valence-electron chi connectivity index (χ2n) is 9.63. The largest absolute Gasteiger partial charge is 0.439 e. The van der Waals surface area contributed by atoms with Crippen LogP contribution in [0.25, 0.3) is 33.1 Å². The summed E-state index contributed by atoms with van der Waals surface area (Å²) in [5.74, 6) is 0.689. The molecular formula is C29H26N6O4. The van der Waals surface area contributed by atoms with Gasteiger partial charge in [-0.05, 0) is 55.5 Å². The topological polar surface area (TPSA) is 148 Å². The number of carbonyl (C=O) groups excluding carboxylic acids is 2. The molecule has 1 saturated carbocycles. The number of esters is 1. The van der Waals surface area contributed by atoms with Crippen molar-refractivity contribution in [3.05, 3.63) is 73.2 Å². The average Bonchev–Trinajstić information content (AvgIpc) is 3.34. The van der Waals surface area contributed by atoms with Crippen LogP contribution in [-0.2, 0) is 9.53 Å². The van der Waals surface area contributed by atoms with Crippen molar-refractivity contribution < 1.29 is 19.1 Å². The summed E-state index contributed by atoms with van der Waals surface area (Å²) in [5.41, 5.74) is 14.7. The van der Waals surface area contributed by atoms with Gasteiger partial charge in [-0.2, -0.15) is 0 Å². The number of ether oxygens (including phenoxy) is 2. The van der Waals surface area contributed by atoms with E-state index in [1.165, 1.54) is 6.33 Å². The first-order valence-corrected chi connectivity index (χ1v) is 12.7. The number of aromatic nitrogens is 4. The Morgan fingerprint density at radius 3 is 2.49 bits per heavy atom. The van der Waals surface area contributed by atoms with Crippen LogP contribution >= 0.6 is 0 Å². The average molecular weight is 523 g/mol. The van der Waals surface area contributed by atoms with Gasteiger partial charge in [0.2, 0.25) is 5.88 Å². The van der Waals surface area contributed by atoms with E-state index >= 15 is 0 Å². The van der Waals surface area contributed by atoms with Crippen molar-refractivity contribution in [2.75, 3.05) is 5.73 Å². The number of anilines is 1. The van der Waals surface area contributed by atoms with Gasteiger partial charge in [0.15, 0.2) is 0 Å². The summed E-state index contributed by atoms with van der Waals surface area (Å²) in [6.07, 6.45) is 5.03. The van der Waals surface area contributed by atoms with E-state index in [2.05, 4.69) is 19.3 Å². The molecule has 0 radical (unpaired) electrons. The first kappa shape index (κ1) is 24.4. The number of nitrogen functional groups attached to an aromatic ring is 1. The first-order chi connectivity index (χ1) is 19.0. The molecule has 1 fully saturated rings. The summed E-state index contributed by atoms with van der Waals surface area (Å²) in [4.78, 5) is 36.7. The summed E-state index contributed by atoms with van der Waals surface area (Å²) in [6.45, 7) is 0. The van der Waals surface area contributed by atoms with Gasteiger partial charge in [0.05, 0.1) is 16.8 Å². The lowest BCUT2D eigenvalue weighted by Crippen LogP contribution is -2.28. The summed E-state index contributed by atoms with van der Waals surface area (Å²) < 4.78 is 12.7. The minimum atomic E-state index is -1.07. The van der Waals surface area contributed by atoms with E-state index in [9.17, 15) is 9.59 Å². The second kappa shape index (κ2) is 10.1. The van der Waals surface area contributed by atoms with Crippen molar-refractivity contribution in [2.24, 2.45) is 11.7 Å². The molecule has 0 bridgehead atoms. The highest BCUT2D eigenvalue weighted by Gasteiger charge is 2.30. The lowest BCUT2D eigenvalue weighted by atomic mass is 9.86. The minimum Gasteiger partial charge on any atom is -0.439 e. The van der Waals surface area contributed by atoms with E-state index in [1.54, 1.807) is 0 Å². The summed E-state index contributed by atoms with van der Waals surface area (Å²) in [6, 6.07) is 19.5. The number of hydrogen-bond donors (Lipinski definition) is 2. The number of fused-ring (bicyclic) bond motifs is 2. The fraction of sp³-hybridized carbons (Fsp3) is 0.207. The van der Waals surface area contributed by atoms with Crippen molar-refractivity contribution >= 4 is 39.8 Å². The van der Waals surface area contributed by atoms with Gasteiger partial charge in [-0.25, -0.2) is 19.7 Å². The van der Waals surface area contributed by atoms with Crippen LogP contribution in [0, 0.1) is 5.92 Å². The van der Waals surface area contributed by atoms with Gasteiger partial charge in [-0.1, -0.05) is 30.3 Å². The van der Waals surface area contributed by atoms with Gasteiger partial charge in [0.25, 0.3) is 0 Å². The monoisotopic (exact) mass is 522 g/mol. The molecule has 2 aromatic carbocycles.